The topological polar surface area (TPSA) is 124 Å². The Labute approximate surface area is 314 Å². The minimum atomic E-state index is -0.468. The van der Waals surface area contributed by atoms with Gasteiger partial charge in [0.15, 0.2) is 5.65 Å². The predicted octanol–water partition coefficient (Wildman–Crippen LogP) is 6.52. The van der Waals surface area contributed by atoms with E-state index >= 15 is 0 Å². The zero-order chi connectivity index (χ0) is 37.4. The lowest BCUT2D eigenvalue weighted by atomic mass is 9.89. The molecule has 3 amide bonds. The van der Waals surface area contributed by atoms with Crippen molar-refractivity contribution in [2.24, 2.45) is 0 Å². The van der Waals surface area contributed by atoms with Crippen molar-refractivity contribution in [2.75, 3.05) is 42.9 Å². The fraction of sp³-hybridized carbons (Fsp3) is 0.488. The normalized spacial score (nSPS) is 19.7. The van der Waals surface area contributed by atoms with Crippen LogP contribution in [0.1, 0.15) is 110 Å². The van der Waals surface area contributed by atoms with Crippen molar-refractivity contribution in [1.29, 1.82) is 0 Å². The Kier molecular flexibility index (Phi) is 12.1. The molecule has 4 aromatic rings. The second kappa shape index (κ2) is 17.5. The molecule has 3 aliphatic heterocycles. The maximum atomic E-state index is 14.6. The summed E-state index contributed by atoms with van der Waals surface area (Å²) in [6.07, 6.45) is 14.6. The number of piperidine rings is 2. The summed E-state index contributed by atoms with van der Waals surface area (Å²) in [5.74, 6) is -0.413. The van der Waals surface area contributed by atoms with Crippen molar-refractivity contribution in [3.05, 3.63) is 89.2 Å². The van der Waals surface area contributed by atoms with Crippen molar-refractivity contribution in [3.8, 4) is 0 Å². The Morgan fingerprint density at radius 3 is 2.46 bits per heavy atom. The van der Waals surface area contributed by atoms with Crippen LogP contribution in [-0.4, -0.2) is 76.0 Å². The number of nitrogens with one attached hydrogen (secondary N) is 3. The molecule has 0 aliphatic carbocycles. The van der Waals surface area contributed by atoms with Gasteiger partial charge in [0.1, 0.15) is 29.1 Å². The molecule has 0 radical (unpaired) electrons. The number of rotatable bonds is 15. The molecule has 0 bridgehead atoms. The van der Waals surface area contributed by atoms with Crippen LogP contribution < -0.4 is 20.9 Å². The molecule has 2 unspecified atom stereocenters. The van der Waals surface area contributed by atoms with Gasteiger partial charge in [0, 0.05) is 37.0 Å². The van der Waals surface area contributed by atoms with E-state index in [1.165, 1.54) is 43.2 Å². The summed E-state index contributed by atoms with van der Waals surface area (Å²) >= 11 is 0. The average Bonchev–Trinajstić information content (AvgIpc) is 3.84. The molecule has 13 heteroatoms. The Morgan fingerprint density at radius 2 is 1.67 bits per heavy atom. The van der Waals surface area contributed by atoms with Crippen LogP contribution >= 0.6 is 0 Å². The fourth-order valence-corrected chi connectivity index (χ4v) is 8.15. The molecule has 2 aromatic carbocycles. The zero-order valence-electron chi connectivity index (χ0n) is 30.7. The van der Waals surface area contributed by atoms with Gasteiger partial charge in [-0.05, 0) is 112 Å². The van der Waals surface area contributed by atoms with Crippen molar-refractivity contribution >= 4 is 34.9 Å². The summed E-state index contributed by atoms with van der Waals surface area (Å²) in [7, 11) is 0. The predicted molar refractivity (Wildman–Crippen MR) is 203 cm³/mol. The number of unbranched alkanes of at least 4 members (excludes halogenated alkanes) is 5. The highest BCUT2D eigenvalue weighted by Crippen LogP contribution is 2.37. The van der Waals surface area contributed by atoms with Crippen molar-refractivity contribution < 1.29 is 23.2 Å². The van der Waals surface area contributed by atoms with Gasteiger partial charge in [0.05, 0.1) is 12.2 Å². The third-order valence-electron chi connectivity index (χ3n) is 11.2. The number of hydrogen-bond acceptors (Lipinski definition) is 8. The van der Waals surface area contributed by atoms with Crippen molar-refractivity contribution in [1.82, 2.24) is 30.1 Å². The number of anilines is 2. The lowest BCUT2D eigenvalue weighted by molar-refractivity contribution is -0.133. The highest BCUT2D eigenvalue weighted by Gasteiger charge is 2.31. The number of imide groups is 1. The smallest absolute Gasteiger partial charge is 0.256 e. The minimum Gasteiger partial charge on any atom is -0.374 e. The first kappa shape index (κ1) is 37.4. The molecule has 0 spiro atoms. The second-order valence-corrected chi connectivity index (χ2v) is 14.9. The van der Waals surface area contributed by atoms with Gasteiger partial charge < -0.3 is 20.4 Å². The van der Waals surface area contributed by atoms with E-state index in [4.69, 9.17) is 4.98 Å². The molecule has 11 nitrogen and oxygen atoms in total. The van der Waals surface area contributed by atoms with E-state index in [0.29, 0.717) is 60.9 Å². The molecule has 286 valence electrons. The quantitative estimate of drug-likeness (QED) is 0.0931. The van der Waals surface area contributed by atoms with E-state index in [0.717, 1.165) is 69.9 Å². The second-order valence-electron chi connectivity index (χ2n) is 14.9. The van der Waals surface area contributed by atoms with Crippen LogP contribution in [0.5, 0.6) is 0 Å². The molecule has 2 atom stereocenters. The number of benzene rings is 2. The lowest BCUT2D eigenvalue weighted by Crippen LogP contribution is -2.47. The number of fused-ring (bicyclic) bond motifs is 1. The molecular weight excluding hydrogens is 690 g/mol. The molecule has 3 N–H and O–H groups in total. The fourth-order valence-electron chi connectivity index (χ4n) is 8.15. The van der Waals surface area contributed by atoms with Gasteiger partial charge in [0.2, 0.25) is 11.8 Å². The third-order valence-corrected chi connectivity index (χ3v) is 11.2. The highest BCUT2D eigenvalue weighted by atomic mass is 19.1. The van der Waals surface area contributed by atoms with E-state index in [1.807, 2.05) is 17.0 Å². The molecule has 3 aliphatic rings. The Bertz CT molecular complexity index is 1930. The largest absolute Gasteiger partial charge is 0.374 e. The van der Waals surface area contributed by atoms with E-state index in [9.17, 15) is 23.2 Å². The number of aromatic nitrogens is 3. The summed E-state index contributed by atoms with van der Waals surface area (Å²) in [4.78, 5) is 45.9. The monoisotopic (exact) mass is 740 g/mol. The molecule has 5 heterocycles. The first-order valence-corrected chi connectivity index (χ1v) is 19.6. The first-order chi connectivity index (χ1) is 26.3. The first-order valence-electron chi connectivity index (χ1n) is 19.6. The number of nitrogens with zero attached hydrogens (tertiary/aromatic N) is 5. The Balaban J connectivity index is 0.768. The molecule has 54 heavy (non-hydrogen) atoms. The maximum absolute atomic E-state index is 14.6. The molecule has 3 fully saturated rings. The number of amides is 3. The van der Waals surface area contributed by atoms with Gasteiger partial charge in [-0.1, -0.05) is 37.8 Å². The van der Waals surface area contributed by atoms with Crippen LogP contribution in [0.25, 0.3) is 5.65 Å². The van der Waals surface area contributed by atoms with Gasteiger partial charge in [-0.25, -0.2) is 18.3 Å². The minimum absolute atomic E-state index is 0.203. The number of likely N-dealkylation sites (tertiary alicyclic amines) is 1. The SMILES string of the molecule is O=C1CCC(Nc2ccc(C3CCN(CCCCCCCCNC(=O)c4cnn5ccc(N6CCCC6c6cc(F)ccc6F)nc45)CC3)cc2)C(=O)N1. The van der Waals surface area contributed by atoms with Crippen LogP contribution in [0.15, 0.2) is 60.9 Å². The molecule has 0 saturated carbocycles. The van der Waals surface area contributed by atoms with Gasteiger partial charge in [-0.3, -0.25) is 19.7 Å². The van der Waals surface area contributed by atoms with Crippen molar-refractivity contribution in [2.45, 2.75) is 95.1 Å². The van der Waals surface area contributed by atoms with Crippen LogP contribution in [0.4, 0.5) is 20.3 Å². The molecule has 3 saturated heterocycles. The van der Waals surface area contributed by atoms with Crippen LogP contribution in [0, 0.1) is 11.6 Å². The molecule has 2 aromatic heterocycles. The third kappa shape index (κ3) is 9.06. The Morgan fingerprint density at radius 1 is 0.889 bits per heavy atom. The highest BCUT2D eigenvalue weighted by molar-refractivity contribution is 6.01. The number of halogens is 2. The van der Waals surface area contributed by atoms with Gasteiger partial charge in [0.25, 0.3) is 5.91 Å². The summed E-state index contributed by atoms with van der Waals surface area (Å²) in [5.41, 5.74) is 3.41. The van der Waals surface area contributed by atoms with Gasteiger partial charge in [-0.2, -0.15) is 5.10 Å². The van der Waals surface area contributed by atoms with E-state index in [-0.39, 0.29) is 29.8 Å². The summed E-state index contributed by atoms with van der Waals surface area (Å²) in [6, 6.07) is 13.1. The van der Waals surface area contributed by atoms with Gasteiger partial charge in [-0.15, -0.1) is 0 Å². The average molecular weight is 741 g/mol. The maximum Gasteiger partial charge on any atom is 0.256 e. The summed E-state index contributed by atoms with van der Waals surface area (Å²) in [5, 5.41) is 13.0. The molecule has 7 rings (SSSR count). The van der Waals surface area contributed by atoms with Crippen LogP contribution in [0.2, 0.25) is 0 Å². The zero-order valence-corrected chi connectivity index (χ0v) is 30.7. The van der Waals surface area contributed by atoms with E-state index in [1.54, 1.807) is 16.8 Å². The summed E-state index contributed by atoms with van der Waals surface area (Å²) < 4.78 is 30.2. The lowest BCUT2D eigenvalue weighted by Gasteiger charge is -2.32. The summed E-state index contributed by atoms with van der Waals surface area (Å²) in [6.45, 7) is 4.59. The number of carbonyl (C=O) groups is 3. The number of hydrogen-bond donors (Lipinski definition) is 3. The number of carbonyl (C=O) groups excluding carboxylic acids is 3. The molecular formula is C41H50F2N8O3. The van der Waals surface area contributed by atoms with E-state index < -0.39 is 11.6 Å². The van der Waals surface area contributed by atoms with Crippen LogP contribution in [-0.2, 0) is 9.59 Å². The van der Waals surface area contributed by atoms with Crippen LogP contribution in [0.3, 0.4) is 0 Å². The van der Waals surface area contributed by atoms with Crippen molar-refractivity contribution in [3.63, 3.8) is 0 Å². The standard InChI is InChI=1S/C41H50F2N8O3/c42-30-11-14-34(43)32(26-30)36-8-7-22-50(36)37-19-25-51-39(47-37)33(27-45-51)40(53)44-20-5-3-1-2-4-6-21-49-23-17-29(18-24-49)28-9-12-31(13-10-28)46-35-15-16-38(52)48-41(35)54/h9-14,19,25-27,29,35-36,46H,1-8,15-18,20-24H2,(H,44,53)(H,48,52,54). The Hall–Kier alpha value is -4.91. The van der Waals surface area contributed by atoms with Gasteiger partial charge >= 0.3 is 0 Å². The van der Waals surface area contributed by atoms with E-state index in [2.05, 4.69) is 38.1 Å².